The first-order valence-corrected chi connectivity index (χ1v) is 7.01. The molecule has 6 nitrogen and oxygen atoms in total. The van der Waals surface area contributed by atoms with Crippen LogP contribution in [0.5, 0.6) is 0 Å². The number of aromatic nitrogens is 2. The van der Waals surface area contributed by atoms with Gasteiger partial charge in [-0.05, 0) is 20.3 Å². The van der Waals surface area contributed by atoms with Crippen LogP contribution in [0.2, 0.25) is 0 Å². The van der Waals surface area contributed by atoms with Crippen molar-refractivity contribution in [3.63, 3.8) is 0 Å². The molecule has 0 amide bonds. The Morgan fingerprint density at radius 1 is 1.30 bits per heavy atom. The van der Waals surface area contributed by atoms with Gasteiger partial charge in [-0.2, -0.15) is 0 Å². The second kappa shape index (κ2) is 8.01. The van der Waals surface area contributed by atoms with Crippen molar-refractivity contribution in [2.45, 2.75) is 39.2 Å². The molecule has 0 aliphatic rings. The summed E-state index contributed by atoms with van der Waals surface area (Å²) in [5.41, 5.74) is -0.828. The van der Waals surface area contributed by atoms with E-state index < -0.39 is 5.60 Å². The fourth-order valence-corrected chi connectivity index (χ4v) is 1.69. The van der Waals surface area contributed by atoms with Crippen LogP contribution in [0.3, 0.4) is 0 Å². The average Bonchev–Trinajstić information content (AvgIpc) is 2.40. The molecule has 1 aromatic rings. The third-order valence-electron chi connectivity index (χ3n) is 2.89. The van der Waals surface area contributed by atoms with Crippen molar-refractivity contribution in [3.05, 3.63) is 11.9 Å². The normalized spacial score (nSPS) is 13.8. The Labute approximate surface area is 121 Å². The van der Waals surface area contributed by atoms with Gasteiger partial charge in [0.05, 0.1) is 5.60 Å². The SMILES string of the molecule is CCCNc1cc(NCC(C)(O)CCOC)nc(C)n1. The molecule has 1 aromatic heterocycles. The van der Waals surface area contributed by atoms with Gasteiger partial charge in [-0.3, -0.25) is 0 Å². The van der Waals surface area contributed by atoms with Crippen LogP contribution in [0.25, 0.3) is 0 Å². The molecule has 1 unspecified atom stereocenters. The highest BCUT2D eigenvalue weighted by molar-refractivity contribution is 5.47. The Morgan fingerprint density at radius 3 is 2.55 bits per heavy atom. The molecule has 20 heavy (non-hydrogen) atoms. The van der Waals surface area contributed by atoms with E-state index in [-0.39, 0.29) is 0 Å². The molecule has 0 aliphatic carbocycles. The summed E-state index contributed by atoms with van der Waals surface area (Å²) in [4.78, 5) is 8.64. The van der Waals surface area contributed by atoms with Gasteiger partial charge in [0, 0.05) is 39.3 Å². The minimum Gasteiger partial charge on any atom is -0.388 e. The van der Waals surface area contributed by atoms with Gasteiger partial charge in [0.25, 0.3) is 0 Å². The highest BCUT2D eigenvalue weighted by atomic mass is 16.5. The number of aliphatic hydroxyl groups is 1. The zero-order valence-electron chi connectivity index (χ0n) is 12.9. The molecule has 1 rings (SSSR count). The highest BCUT2D eigenvalue weighted by Crippen LogP contribution is 2.14. The fraction of sp³-hybridized carbons (Fsp3) is 0.714. The molecule has 1 atom stereocenters. The van der Waals surface area contributed by atoms with E-state index in [0.29, 0.717) is 31.2 Å². The van der Waals surface area contributed by atoms with E-state index in [9.17, 15) is 5.11 Å². The zero-order valence-corrected chi connectivity index (χ0v) is 12.9. The molecule has 0 aliphatic heterocycles. The minimum absolute atomic E-state index is 0.417. The van der Waals surface area contributed by atoms with Gasteiger partial charge in [-0.1, -0.05) is 6.92 Å². The van der Waals surface area contributed by atoms with Crippen molar-refractivity contribution in [2.24, 2.45) is 0 Å². The quantitative estimate of drug-likeness (QED) is 0.641. The molecule has 0 spiro atoms. The maximum Gasteiger partial charge on any atom is 0.131 e. The average molecular weight is 282 g/mol. The van der Waals surface area contributed by atoms with Crippen molar-refractivity contribution in [1.82, 2.24) is 9.97 Å². The van der Waals surface area contributed by atoms with Crippen LogP contribution in [0, 0.1) is 6.92 Å². The second-order valence-electron chi connectivity index (χ2n) is 5.21. The van der Waals surface area contributed by atoms with E-state index in [2.05, 4.69) is 27.5 Å². The van der Waals surface area contributed by atoms with Crippen LogP contribution < -0.4 is 10.6 Å². The molecule has 0 saturated carbocycles. The molecule has 0 saturated heterocycles. The lowest BCUT2D eigenvalue weighted by atomic mass is 10.0. The van der Waals surface area contributed by atoms with Crippen molar-refractivity contribution >= 4 is 11.6 Å². The standard InChI is InChI=1S/C14H26N4O2/c1-5-7-15-12-9-13(18-11(2)17-12)16-10-14(3,19)6-8-20-4/h9,19H,5-8,10H2,1-4H3,(H2,15,16,17,18). The third-order valence-corrected chi connectivity index (χ3v) is 2.89. The first-order chi connectivity index (χ1) is 9.46. The Balaban J connectivity index is 2.60. The number of nitrogens with one attached hydrogen (secondary N) is 2. The fourth-order valence-electron chi connectivity index (χ4n) is 1.69. The van der Waals surface area contributed by atoms with E-state index in [4.69, 9.17) is 4.74 Å². The first-order valence-electron chi connectivity index (χ1n) is 7.01. The van der Waals surface area contributed by atoms with Crippen LogP contribution in [-0.4, -0.2) is 47.5 Å². The monoisotopic (exact) mass is 282 g/mol. The topological polar surface area (TPSA) is 79.3 Å². The summed E-state index contributed by atoms with van der Waals surface area (Å²) < 4.78 is 4.99. The predicted molar refractivity (Wildman–Crippen MR) is 81.2 cm³/mol. The number of methoxy groups -OCH3 is 1. The van der Waals surface area contributed by atoms with E-state index in [1.165, 1.54) is 0 Å². The summed E-state index contributed by atoms with van der Waals surface area (Å²) in [6, 6.07) is 1.86. The van der Waals surface area contributed by atoms with Gasteiger partial charge >= 0.3 is 0 Å². The third kappa shape index (κ3) is 6.16. The van der Waals surface area contributed by atoms with Crippen LogP contribution in [0.4, 0.5) is 11.6 Å². The van der Waals surface area contributed by atoms with Crippen LogP contribution in [0.15, 0.2) is 6.07 Å². The Bertz CT molecular complexity index is 410. The molecular formula is C14H26N4O2. The van der Waals surface area contributed by atoms with E-state index in [0.717, 1.165) is 18.8 Å². The molecule has 1 heterocycles. The lowest BCUT2D eigenvalue weighted by Crippen LogP contribution is -2.35. The van der Waals surface area contributed by atoms with Crippen LogP contribution in [0.1, 0.15) is 32.5 Å². The molecule has 6 heteroatoms. The molecule has 114 valence electrons. The van der Waals surface area contributed by atoms with Gasteiger partial charge in [0.2, 0.25) is 0 Å². The second-order valence-corrected chi connectivity index (χ2v) is 5.21. The summed E-state index contributed by atoms with van der Waals surface area (Å²) in [5.74, 6) is 2.22. The summed E-state index contributed by atoms with van der Waals surface area (Å²) in [6.07, 6.45) is 1.61. The maximum atomic E-state index is 10.2. The largest absolute Gasteiger partial charge is 0.388 e. The molecular weight excluding hydrogens is 256 g/mol. The zero-order chi connectivity index (χ0) is 15.0. The van der Waals surface area contributed by atoms with Crippen molar-refractivity contribution in [2.75, 3.05) is 37.4 Å². The van der Waals surface area contributed by atoms with Gasteiger partial charge in [0.1, 0.15) is 17.5 Å². The highest BCUT2D eigenvalue weighted by Gasteiger charge is 2.19. The maximum absolute atomic E-state index is 10.2. The molecule has 0 radical (unpaired) electrons. The van der Waals surface area contributed by atoms with Gasteiger partial charge in [-0.15, -0.1) is 0 Å². The van der Waals surface area contributed by atoms with Crippen molar-refractivity contribution in [1.29, 1.82) is 0 Å². The molecule has 0 aromatic carbocycles. The predicted octanol–water partition coefficient (Wildman–Crippen LogP) is 1.81. The van der Waals surface area contributed by atoms with Crippen LogP contribution in [-0.2, 0) is 4.74 Å². The van der Waals surface area contributed by atoms with E-state index >= 15 is 0 Å². The van der Waals surface area contributed by atoms with E-state index in [1.54, 1.807) is 14.0 Å². The van der Waals surface area contributed by atoms with Crippen molar-refractivity contribution in [3.8, 4) is 0 Å². The summed E-state index contributed by atoms with van der Waals surface area (Å²) in [5, 5.41) is 16.6. The number of nitrogens with zero attached hydrogens (tertiary/aromatic N) is 2. The summed E-state index contributed by atoms with van der Waals surface area (Å²) >= 11 is 0. The lowest BCUT2D eigenvalue weighted by Gasteiger charge is -2.23. The van der Waals surface area contributed by atoms with Crippen LogP contribution >= 0.6 is 0 Å². The van der Waals surface area contributed by atoms with Crippen molar-refractivity contribution < 1.29 is 9.84 Å². The Morgan fingerprint density at radius 2 is 1.95 bits per heavy atom. The number of anilines is 2. The molecule has 3 N–H and O–H groups in total. The lowest BCUT2D eigenvalue weighted by molar-refractivity contribution is 0.0357. The van der Waals surface area contributed by atoms with E-state index in [1.807, 2.05) is 13.0 Å². The summed E-state index contributed by atoms with van der Waals surface area (Å²) in [6.45, 7) is 7.56. The Hall–Kier alpha value is -1.40. The Kier molecular flexibility index (Phi) is 6.67. The number of ether oxygens (including phenoxy) is 1. The number of hydrogen-bond acceptors (Lipinski definition) is 6. The number of hydrogen-bond donors (Lipinski definition) is 3. The minimum atomic E-state index is -0.828. The molecule has 0 fully saturated rings. The molecule has 0 bridgehead atoms. The first kappa shape index (κ1) is 16.7. The van der Waals surface area contributed by atoms with Gasteiger partial charge in [0.15, 0.2) is 0 Å². The number of rotatable bonds is 9. The summed E-state index contributed by atoms with van der Waals surface area (Å²) in [7, 11) is 1.63. The van der Waals surface area contributed by atoms with Gasteiger partial charge < -0.3 is 20.5 Å². The van der Waals surface area contributed by atoms with Gasteiger partial charge in [-0.25, -0.2) is 9.97 Å². The number of aryl methyl sites for hydroxylation is 1. The smallest absolute Gasteiger partial charge is 0.131 e.